The SMILES string of the molecule is COC(=O)C(C)N1CCN(C(=O)c2cccc(C(F)(F)F)c2)CC1. The number of carbonyl (C=O) groups excluding carboxylic acids is 2. The number of ether oxygens (including phenoxy) is 1. The van der Waals surface area contributed by atoms with Gasteiger partial charge in [0.1, 0.15) is 6.04 Å². The van der Waals surface area contributed by atoms with Gasteiger partial charge in [-0.25, -0.2) is 0 Å². The molecule has 0 N–H and O–H groups in total. The van der Waals surface area contributed by atoms with Crippen molar-refractivity contribution in [2.45, 2.75) is 19.1 Å². The minimum atomic E-state index is -4.48. The summed E-state index contributed by atoms with van der Waals surface area (Å²) in [5.74, 6) is -0.792. The minimum absolute atomic E-state index is 0.0132. The molecule has 8 heteroatoms. The highest BCUT2D eigenvalue weighted by Crippen LogP contribution is 2.29. The van der Waals surface area contributed by atoms with E-state index in [0.717, 1.165) is 12.1 Å². The molecule has 0 bridgehead atoms. The largest absolute Gasteiger partial charge is 0.468 e. The lowest BCUT2D eigenvalue weighted by molar-refractivity contribution is -0.146. The van der Waals surface area contributed by atoms with Crippen LogP contribution in [0.2, 0.25) is 0 Å². The zero-order chi connectivity index (χ0) is 17.9. The molecule has 1 unspecified atom stereocenters. The quantitative estimate of drug-likeness (QED) is 0.788. The number of hydrogen-bond donors (Lipinski definition) is 0. The summed E-state index contributed by atoms with van der Waals surface area (Å²) in [6.07, 6.45) is -4.48. The molecule has 1 fully saturated rings. The average Bonchev–Trinajstić information content (AvgIpc) is 2.59. The lowest BCUT2D eigenvalue weighted by Crippen LogP contribution is -2.53. The van der Waals surface area contributed by atoms with Gasteiger partial charge in [-0.1, -0.05) is 6.07 Å². The standard InChI is InChI=1S/C16H19F3N2O3/c1-11(15(23)24-2)20-6-8-21(9-7-20)14(22)12-4-3-5-13(10-12)16(17,18)19/h3-5,10-11H,6-9H2,1-2H3. The van der Waals surface area contributed by atoms with E-state index in [0.29, 0.717) is 26.2 Å². The van der Waals surface area contributed by atoms with Crippen LogP contribution in [0.15, 0.2) is 24.3 Å². The van der Waals surface area contributed by atoms with E-state index in [2.05, 4.69) is 4.74 Å². The molecule has 1 aliphatic rings. The predicted octanol–water partition coefficient (Wildman–Crippen LogP) is 2.02. The van der Waals surface area contributed by atoms with Crippen LogP contribution in [0.3, 0.4) is 0 Å². The number of nitrogens with zero attached hydrogens (tertiary/aromatic N) is 2. The Morgan fingerprint density at radius 3 is 2.33 bits per heavy atom. The molecule has 1 heterocycles. The number of benzene rings is 1. The second kappa shape index (κ2) is 7.21. The van der Waals surface area contributed by atoms with E-state index in [1.54, 1.807) is 6.92 Å². The Balaban J connectivity index is 2.02. The van der Waals surface area contributed by atoms with Crippen LogP contribution in [-0.2, 0) is 15.7 Å². The van der Waals surface area contributed by atoms with E-state index in [1.165, 1.54) is 24.1 Å². The van der Waals surface area contributed by atoms with E-state index in [4.69, 9.17) is 0 Å². The Hall–Kier alpha value is -2.09. The van der Waals surface area contributed by atoms with Crippen molar-refractivity contribution < 1.29 is 27.5 Å². The summed E-state index contributed by atoms with van der Waals surface area (Å²) in [6, 6.07) is 3.99. The smallest absolute Gasteiger partial charge is 0.416 e. The number of carbonyl (C=O) groups is 2. The minimum Gasteiger partial charge on any atom is -0.468 e. The fraction of sp³-hybridized carbons (Fsp3) is 0.500. The second-order valence-corrected chi connectivity index (χ2v) is 5.61. The maximum absolute atomic E-state index is 12.7. The van der Waals surface area contributed by atoms with Gasteiger partial charge in [-0.15, -0.1) is 0 Å². The molecule has 1 aromatic carbocycles. The fourth-order valence-corrected chi connectivity index (χ4v) is 2.64. The van der Waals surface area contributed by atoms with Gasteiger partial charge in [0.2, 0.25) is 0 Å². The molecule has 2 rings (SSSR count). The van der Waals surface area contributed by atoms with Gasteiger partial charge in [0.15, 0.2) is 0 Å². The predicted molar refractivity (Wildman–Crippen MR) is 80.4 cm³/mol. The molecule has 0 saturated carbocycles. The van der Waals surface area contributed by atoms with Crippen LogP contribution >= 0.6 is 0 Å². The Bertz CT molecular complexity index is 611. The molecule has 24 heavy (non-hydrogen) atoms. The van der Waals surface area contributed by atoms with Crippen LogP contribution in [0.25, 0.3) is 0 Å². The molecule has 132 valence electrons. The lowest BCUT2D eigenvalue weighted by atomic mass is 10.1. The Kier molecular flexibility index (Phi) is 5.48. The zero-order valence-corrected chi connectivity index (χ0v) is 13.5. The van der Waals surface area contributed by atoms with Crippen LogP contribution in [0.5, 0.6) is 0 Å². The number of alkyl halides is 3. The maximum atomic E-state index is 12.7. The molecule has 1 aromatic rings. The summed E-state index contributed by atoms with van der Waals surface area (Å²) in [4.78, 5) is 27.3. The van der Waals surface area contributed by atoms with Crippen molar-refractivity contribution in [3.63, 3.8) is 0 Å². The average molecular weight is 344 g/mol. The summed E-state index contributed by atoms with van der Waals surface area (Å²) in [7, 11) is 1.31. The molecule has 1 saturated heterocycles. The Labute approximate surface area is 138 Å². The summed E-state index contributed by atoms with van der Waals surface area (Å²) in [6.45, 7) is 3.32. The second-order valence-electron chi connectivity index (χ2n) is 5.61. The number of hydrogen-bond acceptors (Lipinski definition) is 4. The lowest BCUT2D eigenvalue weighted by Gasteiger charge is -2.37. The van der Waals surface area contributed by atoms with Crippen molar-refractivity contribution >= 4 is 11.9 Å². The number of rotatable bonds is 3. The summed E-state index contributed by atoms with van der Waals surface area (Å²) >= 11 is 0. The fourth-order valence-electron chi connectivity index (χ4n) is 2.64. The van der Waals surface area contributed by atoms with Crippen molar-refractivity contribution in [2.24, 2.45) is 0 Å². The van der Waals surface area contributed by atoms with Crippen molar-refractivity contribution in [3.8, 4) is 0 Å². The Morgan fingerprint density at radius 1 is 1.17 bits per heavy atom. The van der Waals surface area contributed by atoms with Gasteiger partial charge >= 0.3 is 12.1 Å². The first-order chi connectivity index (χ1) is 11.2. The van der Waals surface area contributed by atoms with Crippen molar-refractivity contribution in [2.75, 3.05) is 33.3 Å². The highest BCUT2D eigenvalue weighted by Gasteiger charge is 2.32. The molecule has 1 atom stereocenters. The third-order valence-electron chi connectivity index (χ3n) is 4.13. The monoisotopic (exact) mass is 344 g/mol. The van der Waals surface area contributed by atoms with Gasteiger partial charge < -0.3 is 9.64 Å². The van der Waals surface area contributed by atoms with Crippen molar-refractivity contribution in [1.29, 1.82) is 0 Å². The first-order valence-electron chi connectivity index (χ1n) is 7.52. The molecule has 0 aromatic heterocycles. The highest BCUT2D eigenvalue weighted by molar-refractivity contribution is 5.94. The van der Waals surface area contributed by atoms with Crippen LogP contribution < -0.4 is 0 Å². The summed E-state index contributed by atoms with van der Waals surface area (Å²) in [5, 5.41) is 0. The van der Waals surface area contributed by atoms with E-state index in [1.807, 2.05) is 4.90 Å². The van der Waals surface area contributed by atoms with Crippen molar-refractivity contribution in [3.05, 3.63) is 35.4 Å². The Morgan fingerprint density at radius 2 is 1.79 bits per heavy atom. The number of methoxy groups -OCH3 is 1. The van der Waals surface area contributed by atoms with Gasteiger partial charge in [0, 0.05) is 31.7 Å². The van der Waals surface area contributed by atoms with Gasteiger partial charge in [-0.05, 0) is 25.1 Å². The number of piperazine rings is 1. The van der Waals surface area contributed by atoms with Gasteiger partial charge in [0.25, 0.3) is 5.91 Å². The topological polar surface area (TPSA) is 49.9 Å². The van der Waals surface area contributed by atoms with Gasteiger partial charge in [-0.3, -0.25) is 14.5 Å². The molecule has 1 amide bonds. The third-order valence-corrected chi connectivity index (χ3v) is 4.13. The van der Waals surface area contributed by atoms with E-state index in [-0.39, 0.29) is 11.5 Å². The van der Waals surface area contributed by atoms with E-state index < -0.39 is 23.7 Å². The summed E-state index contributed by atoms with van der Waals surface area (Å²) in [5.41, 5.74) is -0.828. The normalized spacial score (nSPS) is 17.5. The third kappa shape index (κ3) is 4.05. The maximum Gasteiger partial charge on any atom is 0.416 e. The van der Waals surface area contributed by atoms with E-state index >= 15 is 0 Å². The molecule has 0 aliphatic carbocycles. The first-order valence-corrected chi connectivity index (χ1v) is 7.52. The molecule has 0 radical (unpaired) electrons. The van der Waals surface area contributed by atoms with Crippen LogP contribution in [-0.4, -0.2) is 61.0 Å². The van der Waals surface area contributed by atoms with Crippen LogP contribution in [0, 0.1) is 0 Å². The van der Waals surface area contributed by atoms with Gasteiger partial charge in [0.05, 0.1) is 12.7 Å². The molecule has 1 aliphatic heterocycles. The van der Waals surface area contributed by atoms with Gasteiger partial charge in [-0.2, -0.15) is 13.2 Å². The molecule has 5 nitrogen and oxygen atoms in total. The van der Waals surface area contributed by atoms with Crippen LogP contribution in [0.1, 0.15) is 22.8 Å². The molecular weight excluding hydrogens is 325 g/mol. The number of amides is 1. The zero-order valence-electron chi connectivity index (χ0n) is 13.5. The first kappa shape index (κ1) is 18.3. The highest BCUT2D eigenvalue weighted by atomic mass is 19.4. The number of esters is 1. The molecule has 0 spiro atoms. The summed E-state index contributed by atoms with van der Waals surface area (Å²) < 4.78 is 42.9. The van der Waals surface area contributed by atoms with E-state index in [9.17, 15) is 22.8 Å². The van der Waals surface area contributed by atoms with Crippen LogP contribution in [0.4, 0.5) is 13.2 Å². The van der Waals surface area contributed by atoms with Crippen molar-refractivity contribution in [1.82, 2.24) is 9.80 Å². The number of halogens is 3. The molecular formula is C16H19F3N2O3.